The summed E-state index contributed by atoms with van der Waals surface area (Å²) in [6.07, 6.45) is 2.67. The van der Waals surface area contributed by atoms with Crippen LogP contribution in [0.25, 0.3) is 0 Å². The summed E-state index contributed by atoms with van der Waals surface area (Å²) in [5, 5.41) is 14.3. The highest BCUT2D eigenvalue weighted by atomic mass is 16.6. The van der Waals surface area contributed by atoms with Crippen molar-refractivity contribution in [3.8, 4) is 5.75 Å². The van der Waals surface area contributed by atoms with Gasteiger partial charge in [-0.2, -0.15) is 0 Å². The van der Waals surface area contributed by atoms with Crippen LogP contribution in [0.2, 0.25) is 0 Å². The van der Waals surface area contributed by atoms with E-state index < -0.39 is 4.92 Å². The van der Waals surface area contributed by atoms with Crippen molar-refractivity contribution in [2.24, 2.45) is 0 Å². The van der Waals surface area contributed by atoms with Gasteiger partial charge in [-0.05, 0) is 49.9 Å². The first-order valence-electron chi connectivity index (χ1n) is 9.44. The number of benzene rings is 2. The summed E-state index contributed by atoms with van der Waals surface area (Å²) in [7, 11) is 1.62. The van der Waals surface area contributed by atoms with E-state index in [1.54, 1.807) is 19.2 Å². The van der Waals surface area contributed by atoms with Gasteiger partial charge in [0, 0.05) is 31.3 Å². The van der Waals surface area contributed by atoms with Crippen molar-refractivity contribution in [3.05, 3.63) is 63.2 Å². The van der Waals surface area contributed by atoms with E-state index in [0.717, 1.165) is 42.8 Å². The summed E-state index contributed by atoms with van der Waals surface area (Å²) in [6.45, 7) is 4.04. The van der Waals surface area contributed by atoms with Crippen molar-refractivity contribution in [2.45, 2.75) is 26.2 Å². The number of nitrogens with one attached hydrogen (secondary N) is 1. The van der Waals surface area contributed by atoms with Crippen molar-refractivity contribution >= 4 is 17.3 Å². The van der Waals surface area contributed by atoms with Crippen molar-refractivity contribution < 1.29 is 14.5 Å². The van der Waals surface area contributed by atoms with Gasteiger partial charge in [-0.15, -0.1) is 0 Å². The first-order chi connectivity index (χ1) is 13.5. The van der Waals surface area contributed by atoms with Gasteiger partial charge in [0.1, 0.15) is 11.4 Å². The van der Waals surface area contributed by atoms with E-state index in [-0.39, 0.29) is 11.6 Å². The number of anilines is 1. The number of amides is 1. The summed E-state index contributed by atoms with van der Waals surface area (Å²) in [4.78, 5) is 25.6. The lowest BCUT2D eigenvalue weighted by Gasteiger charge is -2.17. The van der Waals surface area contributed by atoms with E-state index in [0.29, 0.717) is 24.2 Å². The van der Waals surface area contributed by atoms with Gasteiger partial charge in [0.05, 0.1) is 12.0 Å². The third-order valence-corrected chi connectivity index (χ3v) is 5.00. The quantitative estimate of drug-likeness (QED) is 0.584. The Kier molecular flexibility index (Phi) is 6.13. The van der Waals surface area contributed by atoms with E-state index in [1.165, 1.54) is 6.07 Å². The highest BCUT2D eigenvalue weighted by molar-refractivity contribution is 5.95. The Labute approximate surface area is 164 Å². The molecule has 1 fully saturated rings. The minimum atomic E-state index is -0.415. The molecule has 7 nitrogen and oxygen atoms in total. The molecule has 148 valence electrons. The van der Waals surface area contributed by atoms with Crippen LogP contribution in [0.5, 0.6) is 5.75 Å². The normalized spacial score (nSPS) is 13.4. The lowest BCUT2D eigenvalue weighted by atomic mass is 10.1. The van der Waals surface area contributed by atoms with Gasteiger partial charge in [0.25, 0.3) is 11.6 Å². The third kappa shape index (κ3) is 4.42. The topological polar surface area (TPSA) is 84.7 Å². The highest BCUT2D eigenvalue weighted by Gasteiger charge is 2.23. The van der Waals surface area contributed by atoms with Gasteiger partial charge in [0.15, 0.2) is 0 Å². The Balaban J connectivity index is 1.68. The van der Waals surface area contributed by atoms with Crippen LogP contribution in [0.4, 0.5) is 11.4 Å². The van der Waals surface area contributed by atoms with Crippen LogP contribution in [0.1, 0.15) is 34.3 Å². The van der Waals surface area contributed by atoms with Gasteiger partial charge in [-0.1, -0.05) is 17.7 Å². The average Bonchev–Trinajstić information content (AvgIpc) is 3.22. The summed E-state index contributed by atoms with van der Waals surface area (Å²) in [6, 6.07) is 10.6. The Morgan fingerprint density at radius 3 is 2.64 bits per heavy atom. The summed E-state index contributed by atoms with van der Waals surface area (Å²) in [5.74, 6) is 0.466. The molecule has 0 aliphatic carbocycles. The molecule has 1 aliphatic heterocycles. The van der Waals surface area contributed by atoms with E-state index in [2.05, 4.69) is 5.32 Å². The monoisotopic (exact) mass is 383 g/mol. The molecule has 1 saturated heterocycles. The standard InChI is InChI=1S/C21H25N3O4/c1-15-5-8-20(28-2)16(13-15)9-10-22-21(25)17-6-7-18(19(14-17)24(26)27)23-11-3-4-12-23/h5-8,13-14H,3-4,9-12H2,1-2H3,(H,22,25). The second-order valence-corrected chi connectivity index (χ2v) is 6.98. The van der Waals surface area contributed by atoms with Gasteiger partial charge in [0.2, 0.25) is 0 Å². The molecule has 0 unspecified atom stereocenters. The Morgan fingerprint density at radius 2 is 1.96 bits per heavy atom. The second-order valence-electron chi connectivity index (χ2n) is 6.98. The number of hydrogen-bond donors (Lipinski definition) is 1. The number of methoxy groups -OCH3 is 1. The molecule has 2 aromatic carbocycles. The molecule has 0 bridgehead atoms. The average molecular weight is 383 g/mol. The number of nitro groups is 1. The molecular formula is C21H25N3O4. The lowest BCUT2D eigenvalue weighted by molar-refractivity contribution is -0.384. The van der Waals surface area contributed by atoms with Gasteiger partial charge in [-0.25, -0.2) is 0 Å². The number of carbonyl (C=O) groups excluding carboxylic acids is 1. The minimum Gasteiger partial charge on any atom is -0.496 e. The number of hydrogen-bond acceptors (Lipinski definition) is 5. The largest absolute Gasteiger partial charge is 0.496 e. The Bertz CT molecular complexity index is 876. The van der Waals surface area contributed by atoms with Crippen molar-refractivity contribution in [2.75, 3.05) is 31.6 Å². The zero-order chi connectivity index (χ0) is 20.1. The summed E-state index contributed by atoms with van der Waals surface area (Å²) < 4.78 is 5.35. The number of nitrogens with zero attached hydrogens (tertiary/aromatic N) is 2. The fourth-order valence-corrected chi connectivity index (χ4v) is 3.55. The minimum absolute atomic E-state index is 0.0186. The molecule has 2 aromatic rings. The third-order valence-electron chi connectivity index (χ3n) is 5.00. The fourth-order valence-electron chi connectivity index (χ4n) is 3.55. The lowest BCUT2D eigenvalue weighted by Crippen LogP contribution is -2.26. The SMILES string of the molecule is COc1ccc(C)cc1CCNC(=O)c1ccc(N2CCCC2)c([N+](=O)[O-])c1. The summed E-state index contributed by atoms with van der Waals surface area (Å²) in [5.41, 5.74) is 3.00. The molecular weight excluding hydrogens is 358 g/mol. The van der Waals surface area contributed by atoms with E-state index in [1.807, 2.05) is 30.0 Å². The van der Waals surface area contributed by atoms with Crippen LogP contribution < -0.4 is 15.0 Å². The van der Waals surface area contributed by atoms with Gasteiger partial charge < -0.3 is 15.0 Å². The van der Waals surface area contributed by atoms with E-state index >= 15 is 0 Å². The van der Waals surface area contributed by atoms with Crippen LogP contribution in [0.15, 0.2) is 36.4 Å². The first-order valence-corrected chi connectivity index (χ1v) is 9.44. The first kappa shape index (κ1) is 19.7. The molecule has 0 saturated carbocycles. The summed E-state index contributed by atoms with van der Waals surface area (Å²) >= 11 is 0. The number of aryl methyl sites for hydroxylation is 1. The fraction of sp³-hybridized carbons (Fsp3) is 0.381. The number of ether oxygens (including phenoxy) is 1. The van der Waals surface area contributed by atoms with Crippen LogP contribution in [-0.4, -0.2) is 37.6 Å². The smallest absolute Gasteiger partial charge is 0.293 e. The van der Waals surface area contributed by atoms with Crippen molar-refractivity contribution in [1.29, 1.82) is 0 Å². The Hall–Kier alpha value is -3.09. The molecule has 1 amide bonds. The van der Waals surface area contributed by atoms with Crippen LogP contribution in [0.3, 0.4) is 0 Å². The maximum absolute atomic E-state index is 12.5. The van der Waals surface area contributed by atoms with Gasteiger partial charge >= 0.3 is 0 Å². The molecule has 1 aliphatic rings. The van der Waals surface area contributed by atoms with Crippen LogP contribution in [0, 0.1) is 17.0 Å². The maximum atomic E-state index is 12.5. The number of nitro benzene ring substituents is 1. The van der Waals surface area contributed by atoms with Crippen LogP contribution in [-0.2, 0) is 6.42 Å². The van der Waals surface area contributed by atoms with E-state index in [4.69, 9.17) is 4.74 Å². The Morgan fingerprint density at radius 1 is 1.21 bits per heavy atom. The zero-order valence-electron chi connectivity index (χ0n) is 16.2. The molecule has 1 N–H and O–H groups in total. The zero-order valence-corrected chi connectivity index (χ0v) is 16.2. The maximum Gasteiger partial charge on any atom is 0.293 e. The predicted octanol–water partition coefficient (Wildman–Crippen LogP) is 3.48. The second kappa shape index (κ2) is 8.73. The van der Waals surface area contributed by atoms with Gasteiger partial charge in [-0.3, -0.25) is 14.9 Å². The number of rotatable bonds is 7. The van der Waals surface area contributed by atoms with Crippen molar-refractivity contribution in [1.82, 2.24) is 5.32 Å². The molecule has 0 atom stereocenters. The molecule has 0 spiro atoms. The van der Waals surface area contributed by atoms with Crippen LogP contribution >= 0.6 is 0 Å². The van der Waals surface area contributed by atoms with Crippen molar-refractivity contribution in [3.63, 3.8) is 0 Å². The molecule has 1 heterocycles. The molecule has 3 rings (SSSR count). The predicted molar refractivity (Wildman–Crippen MR) is 108 cm³/mol. The molecule has 0 radical (unpaired) electrons. The number of carbonyl (C=O) groups is 1. The van der Waals surface area contributed by atoms with E-state index in [9.17, 15) is 14.9 Å². The molecule has 28 heavy (non-hydrogen) atoms. The highest BCUT2D eigenvalue weighted by Crippen LogP contribution is 2.31. The molecule has 7 heteroatoms. The molecule has 0 aromatic heterocycles.